The van der Waals surface area contributed by atoms with Crippen molar-refractivity contribution in [2.45, 2.75) is 11.2 Å². The largest absolute Gasteiger partial charge is 0.497 e. The van der Waals surface area contributed by atoms with Crippen LogP contribution in [-0.2, 0) is 6.42 Å². The van der Waals surface area contributed by atoms with Gasteiger partial charge in [-0.3, -0.25) is 0 Å². The molecule has 2 rings (SSSR count). The van der Waals surface area contributed by atoms with Crippen molar-refractivity contribution in [3.05, 3.63) is 63.6 Å². The number of hydrogen-bond donors (Lipinski definition) is 0. The van der Waals surface area contributed by atoms with Gasteiger partial charge in [0.2, 0.25) is 0 Å². The molecule has 0 saturated heterocycles. The number of halogens is 3. The lowest BCUT2D eigenvalue weighted by atomic mass is 10.0. The predicted octanol–water partition coefficient (Wildman–Crippen LogP) is 5.68. The highest BCUT2D eigenvalue weighted by Gasteiger charge is 2.13. The molecule has 0 aliphatic rings. The molecule has 0 aliphatic heterocycles. The standard InChI is InChI=1S/C15H13BrCl2O/c1-19-12-5-6-13(15(18)9-12)14(16)8-10-3-2-4-11(17)7-10/h2-7,9,14H,8H2,1H3. The molecule has 0 amide bonds. The molecule has 0 heterocycles. The summed E-state index contributed by atoms with van der Waals surface area (Å²) in [4.78, 5) is 0.143. The Bertz CT molecular complexity index is 572. The van der Waals surface area contributed by atoms with Crippen molar-refractivity contribution in [1.82, 2.24) is 0 Å². The van der Waals surface area contributed by atoms with E-state index in [4.69, 9.17) is 27.9 Å². The molecule has 0 bridgehead atoms. The monoisotopic (exact) mass is 358 g/mol. The van der Waals surface area contributed by atoms with Crippen LogP contribution in [-0.4, -0.2) is 7.11 Å². The smallest absolute Gasteiger partial charge is 0.120 e. The van der Waals surface area contributed by atoms with E-state index >= 15 is 0 Å². The lowest BCUT2D eigenvalue weighted by Crippen LogP contribution is -1.97. The minimum atomic E-state index is 0.143. The fraction of sp³-hybridized carbons (Fsp3) is 0.200. The molecule has 0 spiro atoms. The van der Waals surface area contributed by atoms with Crippen molar-refractivity contribution >= 4 is 39.1 Å². The van der Waals surface area contributed by atoms with Gasteiger partial charge in [0.25, 0.3) is 0 Å². The zero-order valence-electron chi connectivity index (χ0n) is 10.4. The summed E-state index contributed by atoms with van der Waals surface area (Å²) in [5.41, 5.74) is 2.21. The summed E-state index contributed by atoms with van der Waals surface area (Å²) in [6.45, 7) is 0. The summed E-state index contributed by atoms with van der Waals surface area (Å²) in [6.07, 6.45) is 0.826. The zero-order valence-corrected chi connectivity index (χ0v) is 13.5. The Kier molecular flexibility index (Phi) is 5.14. The Balaban J connectivity index is 2.18. The first-order valence-electron chi connectivity index (χ1n) is 5.82. The molecule has 1 unspecified atom stereocenters. The Labute approximate surface area is 131 Å². The number of rotatable bonds is 4. The maximum atomic E-state index is 6.26. The van der Waals surface area contributed by atoms with Gasteiger partial charge in [0.1, 0.15) is 5.75 Å². The van der Waals surface area contributed by atoms with Crippen LogP contribution >= 0.6 is 39.1 Å². The molecule has 0 aliphatic carbocycles. The fourth-order valence-electron chi connectivity index (χ4n) is 1.87. The van der Waals surface area contributed by atoms with Gasteiger partial charge in [0, 0.05) is 14.9 Å². The van der Waals surface area contributed by atoms with Gasteiger partial charge in [0.15, 0.2) is 0 Å². The van der Waals surface area contributed by atoms with Crippen molar-refractivity contribution in [3.8, 4) is 5.75 Å². The van der Waals surface area contributed by atoms with Gasteiger partial charge in [-0.05, 0) is 41.8 Å². The van der Waals surface area contributed by atoms with Crippen molar-refractivity contribution < 1.29 is 4.74 Å². The molecule has 1 nitrogen and oxygen atoms in total. The number of methoxy groups -OCH3 is 1. The number of hydrogen-bond acceptors (Lipinski definition) is 1. The van der Waals surface area contributed by atoms with Crippen molar-refractivity contribution in [3.63, 3.8) is 0 Å². The molecule has 0 saturated carbocycles. The van der Waals surface area contributed by atoms with Crippen molar-refractivity contribution in [2.75, 3.05) is 7.11 Å². The maximum Gasteiger partial charge on any atom is 0.120 e. The highest BCUT2D eigenvalue weighted by Crippen LogP contribution is 2.34. The normalized spacial score (nSPS) is 12.2. The van der Waals surface area contributed by atoms with Crippen molar-refractivity contribution in [2.24, 2.45) is 0 Å². The lowest BCUT2D eigenvalue weighted by Gasteiger charge is -2.13. The highest BCUT2D eigenvalue weighted by atomic mass is 79.9. The van der Waals surface area contributed by atoms with E-state index < -0.39 is 0 Å². The molecular weight excluding hydrogens is 347 g/mol. The second-order valence-corrected chi connectivity index (χ2v) is 6.14. The molecule has 100 valence electrons. The molecule has 0 aromatic heterocycles. The van der Waals surface area contributed by atoms with Gasteiger partial charge in [-0.1, -0.05) is 57.3 Å². The Hall–Kier alpha value is -0.700. The first kappa shape index (κ1) is 14.7. The van der Waals surface area contributed by atoms with E-state index in [9.17, 15) is 0 Å². The zero-order chi connectivity index (χ0) is 13.8. The van der Waals surface area contributed by atoms with Crippen LogP contribution in [0.3, 0.4) is 0 Å². The Morgan fingerprint density at radius 2 is 1.95 bits per heavy atom. The van der Waals surface area contributed by atoms with Gasteiger partial charge in [0.05, 0.1) is 7.11 Å². The quantitative estimate of drug-likeness (QED) is 0.638. The van der Waals surface area contributed by atoms with E-state index in [1.165, 1.54) is 5.56 Å². The summed E-state index contributed by atoms with van der Waals surface area (Å²) in [5, 5.41) is 1.45. The molecule has 19 heavy (non-hydrogen) atoms. The summed E-state index contributed by atoms with van der Waals surface area (Å²) >= 11 is 15.9. The van der Waals surface area contributed by atoms with Gasteiger partial charge in [-0.25, -0.2) is 0 Å². The SMILES string of the molecule is COc1ccc(C(Br)Cc2cccc(Cl)c2)c(Cl)c1. The minimum Gasteiger partial charge on any atom is -0.497 e. The Morgan fingerprint density at radius 1 is 1.16 bits per heavy atom. The van der Waals surface area contributed by atoms with Crippen LogP contribution in [0.5, 0.6) is 5.75 Å². The number of alkyl halides is 1. The number of ether oxygens (including phenoxy) is 1. The van der Waals surface area contributed by atoms with Gasteiger partial charge < -0.3 is 4.74 Å². The minimum absolute atomic E-state index is 0.143. The van der Waals surface area contributed by atoms with Crippen LogP contribution in [0.4, 0.5) is 0 Å². The Morgan fingerprint density at radius 3 is 2.58 bits per heavy atom. The highest BCUT2D eigenvalue weighted by molar-refractivity contribution is 9.09. The summed E-state index contributed by atoms with van der Waals surface area (Å²) in [7, 11) is 1.63. The van der Waals surface area contributed by atoms with E-state index in [0.717, 1.165) is 22.8 Å². The molecule has 0 radical (unpaired) electrons. The second-order valence-electron chi connectivity index (χ2n) is 4.19. The molecule has 4 heteroatoms. The van der Waals surface area contributed by atoms with E-state index in [-0.39, 0.29) is 4.83 Å². The third kappa shape index (κ3) is 3.88. The third-order valence-electron chi connectivity index (χ3n) is 2.85. The van der Waals surface area contributed by atoms with Crippen LogP contribution in [0, 0.1) is 0 Å². The summed E-state index contributed by atoms with van der Waals surface area (Å²) < 4.78 is 5.15. The van der Waals surface area contributed by atoms with Crippen LogP contribution < -0.4 is 4.74 Å². The number of benzene rings is 2. The molecule has 2 aromatic rings. The molecule has 2 aromatic carbocycles. The van der Waals surface area contributed by atoms with Gasteiger partial charge in [-0.15, -0.1) is 0 Å². The summed E-state index contributed by atoms with van der Waals surface area (Å²) in [6, 6.07) is 13.5. The topological polar surface area (TPSA) is 9.23 Å². The average Bonchev–Trinajstić information content (AvgIpc) is 2.38. The third-order valence-corrected chi connectivity index (χ3v) is 4.23. The van der Waals surface area contributed by atoms with E-state index in [1.807, 2.05) is 36.4 Å². The van der Waals surface area contributed by atoms with Crippen LogP contribution in [0.1, 0.15) is 16.0 Å². The maximum absolute atomic E-state index is 6.26. The average molecular weight is 360 g/mol. The lowest BCUT2D eigenvalue weighted by molar-refractivity contribution is 0.414. The first-order chi connectivity index (χ1) is 9.10. The van der Waals surface area contributed by atoms with Gasteiger partial charge in [-0.2, -0.15) is 0 Å². The predicted molar refractivity (Wildman–Crippen MR) is 84.8 cm³/mol. The molecule has 0 N–H and O–H groups in total. The van der Waals surface area contributed by atoms with Crippen LogP contribution in [0.15, 0.2) is 42.5 Å². The molecule has 0 fully saturated rings. The molecule has 1 atom stereocenters. The van der Waals surface area contributed by atoms with Crippen LogP contribution in [0.25, 0.3) is 0 Å². The second kappa shape index (κ2) is 6.65. The molecular formula is C15H13BrCl2O. The van der Waals surface area contributed by atoms with Gasteiger partial charge >= 0.3 is 0 Å². The van der Waals surface area contributed by atoms with E-state index in [0.29, 0.717) is 5.02 Å². The van der Waals surface area contributed by atoms with E-state index in [2.05, 4.69) is 22.0 Å². The van der Waals surface area contributed by atoms with E-state index in [1.54, 1.807) is 7.11 Å². The first-order valence-corrected chi connectivity index (χ1v) is 7.49. The fourth-order valence-corrected chi connectivity index (χ4v) is 3.29. The van der Waals surface area contributed by atoms with Crippen LogP contribution in [0.2, 0.25) is 10.0 Å². The summed E-state index contributed by atoms with van der Waals surface area (Å²) in [5.74, 6) is 0.760. The van der Waals surface area contributed by atoms with Crippen molar-refractivity contribution in [1.29, 1.82) is 0 Å².